The predicted molar refractivity (Wildman–Crippen MR) is 162 cm³/mol. The molecule has 1 aromatic heterocycles. The Labute approximate surface area is 243 Å². The Bertz CT molecular complexity index is 1560. The summed E-state index contributed by atoms with van der Waals surface area (Å²) in [5.41, 5.74) is 4.27. The van der Waals surface area contributed by atoms with Crippen LogP contribution in [-0.2, 0) is 0 Å². The normalized spacial score (nSPS) is 36.2. The van der Waals surface area contributed by atoms with E-state index >= 15 is 0 Å². The summed E-state index contributed by atoms with van der Waals surface area (Å²) < 4.78 is 13.9. The molecule has 3 saturated carbocycles. The first kappa shape index (κ1) is 27.2. The Morgan fingerprint density at radius 2 is 1.83 bits per heavy atom. The molecule has 3 fully saturated rings. The second-order valence-electron chi connectivity index (χ2n) is 14.3. The molecule has 0 saturated heterocycles. The molecule has 0 aliphatic heterocycles. The lowest BCUT2D eigenvalue weighted by molar-refractivity contribution is -0.434. The molecule has 41 heavy (non-hydrogen) atoms. The van der Waals surface area contributed by atoms with Crippen molar-refractivity contribution in [2.24, 2.45) is 40.4 Å². The first-order valence-corrected chi connectivity index (χ1v) is 16.2. The molecule has 218 valence electrons. The summed E-state index contributed by atoms with van der Waals surface area (Å²) in [5, 5.41) is 10.4. The van der Waals surface area contributed by atoms with Crippen molar-refractivity contribution in [2.75, 3.05) is 0 Å². The summed E-state index contributed by atoms with van der Waals surface area (Å²) in [5.74, 6) is 3.86. The number of rotatable bonds is 5. The molecule has 1 heterocycles. The molecule has 3 aromatic rings. The van der Waals surface area contributed by atoms with Crippen molar-refractivity contribution in [3.63, 3.8) is 0 Å². The van der Waals surface area contributed by atoms with Gasteiger partial charge in [-0.1, -0.05) is 57.5 Å². The van der Waals surface area contributed by atoms with Gasteiger partial charge >= 0.3 is 11.0 Å². The highest BCUT2D eigenvalue weighted by Crippen LogP contribution is 2.67. The minimum absolute atomic E-state index is 0.0283. The predicted octanol–water partition coefficient (Wildman–Crippen LogP) is 8.23. The van der Waals surface area contributed by atoms with Crippen LogP contribution in [0.3, 0.4) is 0 Å². The fraction of sp³-hybridized carbons (Fsp3) is 0.611. The van der Waals surface area contributed by atoms with Crippen LogP contribution in [0, 0.1) is 45.3 Å². The van der Waals surface area contributed by atoms with Crippen LogP contribution >= 0.6 is 0 Å². The Kier molecular flexibility index (Phi) is 6.61. The Hall–Kier alpha value is -2.66. The van der Waals surface area contributed by atoms with Gasteiger partial charge < -0.3 is 14.3 Å². The molecule has 9 atom stereocenters. The van der Waals surface area contributed by atoms with Crippen LogP contribution in [0.2, 0.25) is 0 Å². The second kappa shape index (κ2) is 9.97. The van der Waals surface area contributed by atoms with Crippen molar-refractivity contribution >= 4 is 22.2 Å². The third-order valence-electron chi connectivity index (χ3n) is 12.5. The van der Waals surface area contributed by atoms with Gasteiger partial charge in [-0.05, 0) is 116 Å². The van der Waals surface area contributed by atoms with Crippen LogP contribution in [0.15, 0.2) is 58.5 Å². The number of ether oxygens (including phenoxy) is 1. The summed E-state index contributed by atoms with van der Waals surface area (Å²) in [6.45, 7) is 9.73. The maximum atomic E-state index is 13.5. The largest absolute Gasteiger partial charge is 0.483 e. The smallest absolute Gasteiger partial charge is 0.347 e. The van der Waals surface area contributed by atoms with E-state index in [1.165, 1.54) is 32.1 Å². The minimum Gasteiger partial charge on any atom is -0.483 e. The highest BCUT2D eigenvalue weighted by atomic mass is 16.5. The zero-order chi connectivity index (χ0) is 28.5. The molecule has 1 N–H and O–H groups in total. The number of para-hydroxylation sites is 3. The van der Waals surface area contributed by atoms with E-state index in [4.69, 9.17) is 9.15 Å². The molecule has 0 amide bonds. The average Bonchev–Trinajstić information content (AvgIpc) is 3.33. The van der Waals surface area contributed by atoms with Gasteiger partial charge in [-0.15, -0.1) is 0 Å². The van der Waals surface area contributed by atoms with Crippen molar-refractivity contribution in [3.8, 4) is 5.75 Å². The molecule has 5 heteroatoms. The first-order chi connectivity index (χ1) is 19.7. The van der Waals surface area contributed by atoms with Crippen molar-refractivity contribution in [2.45, 2.75) is 97.7 Å². The van der Waals surface area contributed by atoms with E-state index in [-0.39, 0.29) is 17.6 Å². The molecule has 7 rings (SSSR count). The van der Waals surface area contributed by atoms with Crippen LogP contribution in [0.4, 0.5) is 0 Å². The third kappa shape index (κ3) is 4.12. The summed E-state index contributed by atoms with van der Waals surface area (Å²) in [6, 6.07) is 13.1. The first-order valence-electron chi connectivity index (χ1n) is 16.2. The minimum atomic E-state index is -0.146. The second-order valence-corrected chi connectivity index (χ2v) is 14.3. The van der Waals surface area contributed by atoms with Gasteiger partial charge in [0, 0.05) is 11.0 Å². The number of aliphatic hydroxyl groups is 1. The SMILES string of the molecule is CCC(Oc1cccc2oc3ccccc3[n+](=O)c12)[C@@H](C)[C@H]1CC[C@H]2[C@@H]3CC=C4C[C@@H](O)CC[C@]4(C)[C@H]3CC[C@]12C. The van der Waals surface area contributed by atoms with E-state index in [0.717, 1.165) is 47.9 Å². The highest BCUT2D eigenvalue weighted by molar-refractivity contribution is 5.81. The van der Waals surface area contributed by atoms with Gasteiger partial charge in [-0.2, -0.15) is 0 Å². The molecule has 5 nitrogen and oxygen atoms in total. The molecule has 4 aliphatic rings. The Morgan fingerprint density at radius 1 is 1.02 bits per heavy atom. The quantitative estimate of drug-likeness (QED) is 0.195. The number of hydrogen-bond donors (Lipinski definition) is 1. The number of benzene rings is 2. The van der Waals surface area contributed by atoms with Gasteiger partial charge in [0.25, 0.3) is 0 Å². The molecular formula is C36H46NO4+. The summed E-state index contributed by atoms with van der Waals surface area (Å²) in [4.78, 5) is 13.5. The van der Waals surface area contributed by atoms with Crippen molar-refractivity contribution < 1.29 is 18.7 Å². The molecule has 0 spiro atoms. The van der Waals surface area contributed by atoms with Gasteiger partial charge in [0.15, 0.2) is 5.75 Å². The monoisotopic (exact) mass is 556 g/mol. The summed E-state index contributed by atoms with van der Waals surface area (Å²) in [6.07, 6.45) is 12.6. The van der Waals surface area contributed by atoms with Gasteiger partial charge in [-0.25, -0.2) is 0 Å². The number of aliphatic hydroxyl groups excluding tert-OH is 1. The standard InChI is InChI=1S/C36H46NO4/c1-5-30(40-32-11-8-12-33-34(32)37(39)29-9-6-7-10-31(29)41-33)22(2)26-15-16-27-25-14-13-23-21-24(38)17-19-35(23,3)28(25)18-20-36(26,27)4/h6-13,22,24-28,30,38H,5,14-21H2,1-4H3/q+1/t22-,24-,25-,26+,27-,28-,30?,35-,36+/m0/s1. The van der Waals surface area contributed by atoms with Crippen molar-refractivity contribution in [1.82, 2.24) is 0 Å². The summed E-state index contributed by atoms with van der Waals surface area (Å²) in [7, 11) is 0. The van der Waals surface area contributed by atoms with Crippen molar-refractivity contribution in [1.29, 1.82) is 0 Å². The molecular weight excluding hydrogens is 510 g/mol. The lowest BCUT2D eigenvalue weighted by Crippen LogP contribution is -2.51. The van der Waals surface area contributed by atoms with Crippen LogP contribution in [0.1, 0.15) is 85.5 Å². The van der Waals surface area contributed by atoms with Crippen molar-refractivity contribution in [3.05, 3.63) is 59.0 Å². The van der Waals surface area contributed by atoms with Gasteiger partial charge in [0.2, 0.25) is 11.2 Å². The lowest BCUT2D eigenvalue weighted by atomic mass is 9.47. The molecule has 1 unspecified atom stereocenters. The van der Waals surface area contributed by atoms with E-state index in [1.807, 2.05) is 36.4 Å². The van der Waals surface area contributed by atoms with Crippen LogP contribution < -0.4 is 9.16 Å². The molecule has 4 aliphatic carbocycles. The van der Waals surface area contributed by atoms with E-state index in [9.17, 15) is 10.0 Å². The fourth-order valence-electron chi connectivity index (χ4n) is 10.4. The maximum absolute atomic E-state index is 13.5. The van der Waals surface area contributed by atoms with Crippen LogP contribution in [0.5, 0.6) is 5.75 Å². The fourth-order valence-corrected chi connectivity index (χ4v) is 10.4. The topological polar surface area (TPSA) is 65.6 Å². The number of nitrogens with zero attached hydrogens (tertiary/aromatic N) is 1. The zero-order valence-corrected chi connectivity index (χ0v) is 25.1. The average molecular weight is 557 g/mol. The molecule has 2 aromatic carbocycles. The number of hydrogen-bond acceptors (Lipinski definition) is 4. The van der Waals surface area contributed by atoms with Gasteiger partial charge in [0.05, 0.1) is 10.5 Å². The number of allylic oxidation sites excluding steroid dienone is 1. The van der Waals surface area contributed by atoms with E-state index < -0.39 is 0 Å². The van der Waals surface area contributed by atoms with Crippen LogP contribution in [0.25, 0.3) is 22.2 Å². The Balaban J connectivity index is 1.16. The van der Waals surface area contributed by atoms with Crippen LogP contribution in [-0.4, -0.2) is 17.3 Å². The molecule has 0 bridgehead atoms. The molecule has 0 radical (unpaired) electrons. The van der Waals surface area contributed by atoms with Gasteiger partial charge in [-0.3, -0.25) is 0 Å². The number of aromatic nitrogens is 1. The van der Waals surface area contributed by atoms with E-state index in [1.54, 1.807) is 11.6 Å². The third-order valence-corrected chi connectivity index (χ3v) is 12.5. The highest BCUT2D eigenvalue weighted by Gasteiger charge is 2.59. The van der Waals surface area contributed by atoms with E-state index in [0.29, 0.717) is 45.2 Å². The van der Waals surface area contributed by atoms with E-state index in [2.05, 4.69) is 33.8 Å². The number of fused-ring (bicyclic) bond motifs is 7. The maximum Gasteiger partial charge on any atom is 0.347 e. The zero-order valence-electron chi connectivity index (χ0n) is 25.1. The van der Waals surface area contributed by atoms with Gasteiger partial charge in [0.1, 0.15) is 6.10 Å². The summed E-state index contributed by atoms with van der Waals surface area (Å²) >= 11 is 0. The Morgan fingerprint density at radius 3 is 2.66 bits per heavy atom. The lowest BCUT2D eigenvalue weighted by Gasteiger charge is -2.58.